The number of ether oxygens (including phenoxy) is 1. The molecule has 0 aliphatic rings. The Morgan fingerprint density at radius 1 is 1.20 bits per heavy atom. The molecule has 1 atom stereocenters. The number of amides is 1. The van der Waals surface area contributed by atoms with Crippen molar-refractivity contribution in [1.29, 1.82) is 0 Å². The molecule has 2 aromatic rings. The fraction of sp³-hybridized carbons (Fsp3) is 0.294. The van der Waals surface area contributed by atoms with Gasteiger partial charge in [0.15, 0.2) is 11.9 Å². The minimum Gasteiger partial charge on any atom is -0.481 e. The smallest absolute Gasteiger partial charge is 0.330 e. The number of nitrogens with zero attached hydrogens (tertiary/aromatic N) is 2. The average Bonchev–Trinajstić information content (AvgIpc) is 2.57. The minimum absolute atomic E-state index is 0.0254. The normalized spacial score (nSPS) is 11.7. The van der Waals surface area contributed by atoms with E-state index in [1.807, 2.05) is 0 Å². The minimum atomic E-state index is -0.913. The van der Waals surface area contributed by atoms with E-state index in [0.29, 0.717) is 11.3 Å². The van der Waals surface area contributed by atoms with Gasteiger partial charge in [-0.2, -0.15) is 0 Å². The lowest BCUT2D eigenvalue weighted by Gasteiger charge is -2.15. The molecule has 0 aliphatic heterocycles. The quantitative estimate of drug-likeness (QED) is 0.804. The van der Waals surface area contributed by atoms with Crippen LogP contribution in [0.5, 0.6) is 5.75 Å². The molecule has 2 rings (SSSR count). The summed E-state index contributed by atoms with van der Waals surface area (Å²) in [5, 5.41) is 2.45. The Labute approximate surface area is 143 Å². The summed E-state index contributed by atoms with van der Waals surface area (Å²) in [4.78, 5) is 47.3. The number of hydrogen-bond acceptors (Lipinski definition) is 5. The van der Waals surface area contributed by atoms with Gasteiger partial charge in [0.1, 0.15) is 11.4 Å². The van der Waals surface area contributed by atoms with Crippen molar-refractivity contribution in [3.05, 3.63) is 56.9 Å². The highest BCUT2D eigenvalue weighted by molar-refractivity contribution is 5.95. The summed E-state index contributed by atoms with van der Waals surface area (Å²) in [7, 11) is 2.80. The lowest BCUT2D eigenvalue weighted by Crippen LogP contribution is -2.40. The van der Waals surface area contributed by atoms with Gasteiger partial charge in [-0.25, -0.2) is 4.79 Å². The summed E-state index contributed by atoms with van der Waals surface area (Å²) in [5.41, 5.74) is -0.657. The van der Waals surface area contributed by atoms with Crippen LogP contribution in [0.2, 0.25) is 0 Å². The number of carbonyl (C=O) groups excluding carboxylic acids is 2. The molecule has 8 heteroatoms. The number of aryl methyl sites for hydroxylation is 1. The first-order valence-corrected chi connectivity index (χ1v) is 7.56. The van der Waals surface area contributed by atoms with Gasteiger partial charge < -0.3 is 14.6 Å². The number of benzene rings is 1. The molecule has 0 spiro atoms. The largest absolute Gasteiger partial charge is 0.481 e. The molecule has 1 heterocycles. The second kappa shape index (κ2) is 7.16. The van der Waals surface area contributed by atoms with Gasteiger partial charge in [-0.15, -0.1) is 0 Å². The average molecular weight is 345 g/mol. The molecule has 1 N–H and O–H groups in total. The SMILES string of the molecule is CC(=O)c1cccc(OC(C)C(=O)Nc2cn(C)c(=O)n(C)c2=O)c1. The molecule has 1 unspecified atom stereocenters. The number of nitrogens with one attached hydrogen (secondary N) is 1. The van der Waals surface area contributed by atoms with Crippen LogP contribution in [0.1, 0.15) is 24.2 Å². The summed E-state index contributed by atoms with van der Waals surface area (Å²) in [5.74, 6) is -0.302. The fourth-order valence-corrected chi connectivity index (χ4v) is 2.17. The van der Waals surface area contributed by atoms with E-state index in [-0.39, 0.29) is 11.5 Å². The number of Topliss-reactive ketones (excluding diaryl/α,β-unsaturated/α-hetero) is 1. The summed E-state index contributed by atoms with van der Waals surface area (Å²) in [6.07, 6.45) is 0.343. The molecule has 132 valence electrons. The zero-order chi connectivity index (χ0) is 18.7. The van der Waals surface area contributed by atoms with Crippen molar-refractivity contribution in [1.82, 2.24) is 9.13 Å². The van der Waals surface area contributed by atoms with Gasteiger partial charge in [-0.1, -0.05) is 12.1 Å². The summed E-state index contributed by atoms with van der Waals surface area (Å²) < 4.78 is 7.62. The van der Waals surface area contributed by atoms with Crippen LogP contribution < -0.4 is 21.3 Å². The predicted octanol–water partition coefficient (Wildman–Crippen LogP) is 0.693. The van der Waals surface area contributed by atoms with Gasteiger partial charge in [0.25, 0.3) is 11.5 Å². The van der Waals surface area contributed by atoms with E-state index in [1.165, 1.54) is 44.8 Å². The molecule has 0 fully saturated rings. The van der Waals surface area contributed by atoms with Crippen molar-refractivity contribution in [3.63, 3.8) is 0 Å². The Bertz CT molecular complexity index is 942. The van der Waals surface area contributed by atoms with Gasteiger partial charge >= 0.3 is 5.69 Å². The Morgan fingerprint density at radius 3 is 2.52 bits per heavy atom. The van der Waals surface area contributed by atoms with Crippen molar-refractivity contribution in [2.75, 3.05) is 5.32 Å². The Balaban J connectivity index is 2.16. The first-order valence-electron chi connectivity index (χ1n) is 7.56. The van der Waals surface area contributed by atoms with Crippen LogP contribution in [-0.4, -0.2) is 26.9 Å². The van der Waals surface area contributed by atoms with Gasteiger partial charge in [0.05, 0.1) is 0 Å². The maximum Gasteiger partial charge on any atom is 0.330 e. The molecule has 1 aromatic heterocycles. The van der Waals surface area contributed by atoms with Gasteiger partial charge in [0, 0.05) is 25.9 Å². The number of carbonyl (C=O) groups is 2. The summed E-state index contributed by atoms with van der Waals surface area (Å²) in [6.45, 7) is 2.95. The maximum absolute atomic E-state index is 12.3. The van der Waals surface area contributed by atoms with Crippen molar-refractivity contribution < 1.29 is 14.3 Å². The highest BCUT2D eigenvalue weighted by Gasteiger charge is 2.18. The third kappa shape index (κ3) is 4.03. The lowest BCUT2D eigenvalue weighted by molar-refractivity contribution is -0.122. The third-order valence-corrected chi connectivity index (χ3v) is 3.63. The van der Waals surface area contributed by atoms with Crippen LogP contribution >= 0.6 is 0 Å². The maximum atomic E-state index is 12.3. The standard InChI is InChI=1S/C17H19N3O5/c1-10(21)12-6-5-7-13(8-12)25-11(2)15(22)18-14-9-19(3)17(24)20(4)16(14)23/h5-9,11H,1-4H3,(H,18,22). The number of aromatic nitrogens is 2. The second-order valence-corrected chi connectivity index (χ2v) is 5.63. The van der Waals surface area contributed by atoms with Crippen molar-refractivity contribution in [2.45, 2.75) is 20.0 Å². The number of ketones is 1. The van der Waals surface area contributed by atoms with Crippen LogP contribution in [0.25, 0.3) is 0 Å². The van der Waals surface area contributed by atoms with E-state index in [2.05, 4.69) is 5.32 Å². The molecule has 25 heavy (non-hydrogen) atoms. The molecule has 0 radical (unpaired) electrons. The third-order valence-electron chi connectivity index (χ3n) is 3.63. The van der Waals surface area contributed by atoms with Crippen molar-refractivity contribution in [2.24, 2.45) is 14.1 Å². The Kier molecular flexibility index (Phi) is 5.21. The van der Waals surface area contributed by atoms with Crippen molar-refractivity contribution in [3.8, 4) is 5.75 Å². The van der Waals surface area contributed by atoms with E-state index in [4.69, 9.17) is 4.74 Å². The monoisotopic (exact) mass is 345 g/mol. The molecule has 1 amide bonds. The first-order chi connectivity index (χ1) is 11.7. The molecular formula is C17H19N3O5. The number of rotatable bonds is 5. The van der Waals surface area contributed by atoms with E-state index in [0.717, 1.165) is 4.57 Å². The Morgan fingerprint density at radius 2 is 1.88 bits per heavy atom. The molecule has 0 saturated carbocycles. The molecular weight excluding hydrogens is 326 g/mol. The van der Waals surface area contributed by atoms with E-state index in [1.54, 1.807) is 18.2 Å². The molecule has 1 aromatic carbocycles. The molecule has 0 aliphatic carbocycles. The van der Waals surface area contributed by atoms with E-state index < -0.39 is 23.3 Å². The molecule has 0 saturated heterocycles. The van der Waals surface area contributed by atoms with Crippen LogP contribution in [0.15, 0.2) is 40.1 Å². The van der Waals surface area contributed by atoms with Crippen LogP contribution in [0.3, 0.4) is 0 Å². The first kappa shape index (κ1) is 18.2. The van der Waals surface area contributed by atoms with Gasteiger partial charge in [0.2, 0.25) is 0 Å². The van der Waals surface area contributed by atoms with Gasteiger partial charge in [-0.3, -0.25) is 19.0 Å². The predicted molar refractivity (Wildman–Crippen MR) is 92.1 cm³/mol. The zero-order valence-corrected chi connectivity index (χ0v) is 14.4. The van der Waals surface area contributed by atoms with Crippen LogP contribution in [0, 0.1) is 0 Å². The summed E-state index contributed by atoms with van der Waals surface area (Å²) in [6, 6.07) is 6.46. The van der Waals surface area contributed by atoms with Crippen molar-refractivity contribution >= 4 is 17.4 Å². The van der Waals surface area contributed by atoms with E-state index in [9.17, 15) is 19.2 Å². The van der Waals surface area contributed by atoms with Crippen LogP contribution in [-0.2, 0) is 18.9 Å². The Hall–Kier alpha value is -3.16. The van der Waals surface area contributed by atoms with Crippen LogP contribution in [0.4, 0.5) is 5.69 Å². The summed E-state index contributed by atoms with van der Waals surface area (Å²) >= 11 is 0. The van der Waals surface area contributed by atoms with Gasteiger partial charge in [-0.05, 0) is 26.0 Å². The zero-order valence-electron chi connectivity index (χ0n) is 14.4. The second-order valence-electron chi connectivity index (χ2n) is 5.63. The molecule has 8 nitrogen and oxygen atoms in total. The number of hydrogen-bond donors (Lipinski definition) is 1. The number of anilines is 1. The van der Waals surface area contributed by atoms with E-state index >= 15 is 0 Å². The molecule has 0 bridgehead atoms. The highest BCUT2D eigenvalue weighted by atomic mass is 16.5. The highest BCUT2D eigenvalue weighted by Crippen LogP contribution is 2.15. The fourth-order valence-electron chi connectivity index (χ4n) is 2.17. The lowest BCUT2D eigenvalue weighted by atomic mass is 10.1. The topological polar surface area (TPSA) is 99.4 Å².